The van der Waals surface area contributed by atoms with E-state index in [0.717, 1.165) is 43.9 Å². The standard InChI is InChI=1S/C20H18N4O3S/c1-11-22-19(27-24-11)18-14-6-7-26-10-16(14)28-20(18)23-17(25)8-12-9-21-15-5-3-2-4-13(12)15/h2-5,9,21H,6-8,10H2,1H3,(H,23,25). The number of nitrogens with one attached hydrogen (secondary N) is 2. The van der Waals surface area contributed by atoms with Gasteiger partial charge in [0.05, 0.1) is 25.2 Å². The molecule has 1 aromatic carbocycles. The summed E-state index contributed by atoms with van der Waals surface area (Å²) < 4.78 is 11.0. The highest BCUT2D eigenvalue weighted by molar-refractivity contribution is 7.17. The van der Waals surface area contributed by atoms with Gasteiger partial charge in [0.2, 0.25) is 5.91 Å². The van der Waals surface area contributed by atoms with Gasteiger partial charge in [0, 0.05) is 22.0 Å². The number of anilines is 1. The van der Waals surface area contributed by atoms with E-state index in [1.165, 1.54) is 11.3 Å². The SMILES string of the molecule is Cc1noc(-c2c(NC(=O)Cc3c[nH]c4ccccc34)sc3c2CCOC3)n1. The van der Waals surface area contributed by atoms with Crippen molar-refractivity contribution in [2.45, 2.75) is 26.4 Å². The normalized spacial score (nSPS) is 13.6. The zero-order valence-corrected chi connectivity index (χ0v) is 16.1. The van der Waals surface area contributed by atoms with E-state index in [0.29, 0.717) is 24.9 Å². The zero-order chi connectivity index (χ0) is 19.1. The molecule has 1 aliphatic heterocycles. The highest BCUT2D eigenvalue weighted by atomic mass is 32.1. The molecule has 5 rings (SSSR count). The highest BCUT2D eigenvalue weighted by Gasteiger charge is 2.26. The van der Waals surface area contributed by atoms with Crippen LogP contribution in [0, 0.1) is 6.92 Å². The Morgan fingerprint density at radius 2 is 2.25 bits per heavy atom. The number of amides is 1. The van der Waals surface area contributed by atoms with Crippen molar-refractivity contribution >= 4 is 33.1 Å². The number of carbonyl (C=O) groups excluding carboxylic acids is 1. The van der Waals surface area contributed by atoms with Crippen LogP contribution in [0.15, 0.2) is 35.0 Å². The maximum atomic E-state index is 12.8. The zero-order valence-electron chi connectivity index (χ0n) is 15.2. The van der Waals surface area contributed by atoms with Crippen LogP contribution in [-0.2, 0) is 29.0 Å². The van der Waals surface area contributed by atoms with Crippen molar-refractivity contribution in [3.05, 3.63) is 52.3 Å². The fourth-order valence-electron chi connectivity index (χ4n) is 3.57. The number of H-pyrrole nitrogens is 1. The third kappa shape index (κ3) is 3.00. The van der Waals surface area contributed by atoms with E-state index in [1.54, 1.807) is 6.92 Å². The molecule has 3 aromatic heterocycles. The third-order valence-corrected chi connectivity index (χ3v) is 5.96. The molecule has 7 nitrogen and oxygen atoms in total. The van der Waals surface area contributed by atoms with Gasteiger partial charge in [-0.3, -0.25) is 4.79 Å². The van der Waals surface area contributed by atoms with Gasteiger partial charge in [-0.05, 0) is 30.5 Å². The first-order valence-electron chi connectivity index (χ1n) is 9.07. The summed E-state index contributed by atoms with van der Waals surface area (Å²) in [7, 11) is 0. The van der Waals surface area contributed by atoms with E-state index in [9.17, 15) is 4.79 Å². The van der Waals surface area contributed by atoms with Crippen LogP contribution in [0.25, 0.3) is 22.4 Å². The Kier molecular flexibility index (Phi) is 4.22. The van der Waals surface area contributed by atoms with Crippen LogP contribution in [-0.4, -0.2) is 27.6 Å². The van der Waals surface area contributed by atoms with E-state index in [4.69, 9.17) is 9.26 Å². The number of thiophene rings is 1. The molecule has 0 radical (unpaired) electrons. The van der Waals surface area contributed by atoms with Crippen molar-refractivity contribution in [1.29, 1.82) is 0 Å². The number of hydrogen-bond donors (Lipinski definition) is 2. The largest absolute Gasteiger partial charge is 0.376 e. The van der Waals surface area contributed by atoms with E-state index >= 15 is 0 Å². The van der Waals surface area contributed by atoms with Crippen LogP contribution >= 0.6 is 11.3 Å². The van der Waals surface area contributed by atoms with Crippen molar-refractivity contribution in [2.24, 2.45) is 0 Å². The molecule has 0 aliphatic carbocycles. The first-order valence-corrected chi connectivity index (χ1v) is 9.88. The maximum absolute atomic E-state index is 12.8. The monoisotopic (exact) mass is 394 g/mol. The second-order valence-electron chi connectivity index (χ2n) is 6.74. The Hall–Kier alpha value is -2.97. The number of carbonyl (C=O) groups is 1. The molecule has 8 heteroatoms. The predicted octanol–water partition coefficient (Wildman–Crippen LogP) is 3.84. The van der Waals surface area contributed by atoms with Gasteiger partial charge in [-0.2, -0.15) is 4.98 Å². The van der Waals surface area contributed by atoms with Crippen molar-refractivity contribution in [2.75, 3.05) is 11.9 Å². The number of fused-ring (bicyclic) bond motifs is 2. The third-order valence-electron chi connectivity index (χ3n) is 4.84. The number of hydrogen-bond acceptors (Lipinski definition) is 6. The minimum absolute atomic E-state index is 0.0817. The lowest BCUT2D eigenvalue weighted by Crippen LogP contribution is -2.14. The fourth-order valence-corrected chi connectivity index (χ4v) is 4.76. The van der Waals surface area contributed by atoms with Gasteiger partial charge >= 0.3 is 0 Å². The molecule has 0 saturated carbocycles. The number of ether oxygens (including phenoxy) is 1. The average molecular weight is 394 g/mol. The van der Waals surface area contributed by atoms with Gasteiger partial charge in [-0.25, -0.2) is 0 Å². The summed E-state index contributed by atoms with van der Waals surface area (Å²) in [6.07, 6.45) is 2.94. The molecular formula is C20H18N4O3S. The molecule has 0 atom stereocenters. The molecule has 0 bridgehead atoms. The van der Waals surface area contributed by atoms with E-state index < -0.39 is 0 Å². The van der Waals surface area contributed by atoms with Gasteiger partial charge in [0.1, 0.15) is 5.00 Å². The molecular weight excluding hydrogens is 376 g/mol. The minimum Gasteiger partial charge on any atom is -0.376 e. The van der Waals surface area contributed by atoms with Crippen LogP contribution < -0.4 is 5.32 Å². The molecule has 28 heavy (non-hydrogen) atoms. The summed E-state index contributed by atoms with van der Waals surface area (Å²) in [4.78, 5) is 21.5. The number of aromatic nitrogens is 3. The number of nitrogens with zero attached hydrogens (tertiary/aromatic N) is 2. The summed E-state index contributed by atoms with van der Waals surface area (Å²) in [5.41, 5.74) is 3.95. The summed E-state index contributed by atoms with van der Waals surface area (Å²) in [5.74, 6) is 0.930. The quantitative estimate of drug-likeness (QED) is 0.549. The lowest BCUT2D eigenvalue weighted by molar-refractivity contribution is -0.115. The lowest BCUT2D eigenvalue weighted by atomic mass is 10.1. The number of para-hydroxylation sites is 1. The lowest BCUT2D eigenvalue weighted by Gasteiger charge is -2.12. The predicted molar refractivity (Wildman–Crippen MR) is 106 cm³/mol. The smallest absolute Gasteiger partial charge is 0.261 e. The summed E-state index contributed by atoms with van der Waals surface area (Å²) in [6.45, 7) is 2.97. The second kappa shape index (κ2) is 6.88. The minimum atomic E-state index is -0.0817. The van der Waals surface area contributed by atoms with Crippen molar-refractivity contribution in [3.63, 3.8) is 0 Å². The van der Waals surface area contributed by atoms with Crippen LogP contribution in [0.4, 0.5) is 5.00 Å². The van der Waals surface area contributed by atoms with Gasteiger partial charge < -0.3 is 19.6 Å². The average Bonchev–Trinajstić information content (AvgIpc) is 3.39. The number of rotatable bonds is 4. The Labute approximate surface area is 164 Å². The summed E-state index contributed by atoms with van der Waals surface area (Å²) in [6, 6.07) is 7.96. The Balaban J connectivity index is 1.46. The molecule has 142 valence electrons. The van der Waals surface area contributed by atoms with Crippen molar-refractivity contribution in [1.82, 2.24) is 15.1 Å². The molecule has 0 saturated heterocycles. The molecule has 0 fully saturated rings. The Morgan fingerprint density at radius 1 is 1.36 bits per heavy atom. The molecule has 0 unspecified atom stereocenters. The van der Waals surface area contributed by atoms with E-state index in [2.05, 4.69) is 20.4 Å². The van der Waals surface area contributed by atoms with E-state index in [1.807, 2.05) is 30.5 Å². The van der Waals surface area contributed by atoms with Crippen LogP contribution in [0.5, 0.6) is 0 Å². The van der Waals surface area contributed by atoms with Gasteiger partial charge in [-0.15, -0.1) is 11.3 Å². The maximum Gasteiger partial charge on any atom is 0.261 e. The van der Waals surface area contributed by atoms with Gasteiger partial charge in [0.15, 0.2) is 5.82 Å². The van der Waals surface area contributed by atoms with Crippen LogP contribution in [0.1, 0.15) is 21.8 Å². The first-order chi connectivity index (χ1) is 13.7. The summed E-state index contributed by atoms with van der Waals surface area (Å²) >= 11 is 1.52. The van der Waals surface area contributed by atoms with Crippen LogP contribution in [0.3, 0.4) is 0 Å². The Morgan fingerprint density at radius 3 is 3.11 bits per heavy atom. The van der Waals surface area contributed by atoms with Crippen LogP contribution in [0.2, 0.25) is 0 Å². The Bertz CT molecular complexity index is 1170. The van der Waals surface area contributed by atoms with Crippen molar-refractivity contribution < 1.29 is 14.1 Å². The summed E-state index contributed by atoms with van der Waals surface area (Å²) in [5, 5.41) is 8.77. The fraction of sp³-hybridized carbons (Fsp3) is 0.250. The molecule has 4 heterocycles. The number of benzene rings is 1. The molecule has 2 N–H and O–H groups in total. The van der Waals surface area contributed by atoms with Gasteiger partial charge in [0.25, 0.3) is 5.89 Å². The molecule has 1 amide bonds. The molecule has 0 spiro atoms. The number of aromatic amines is 1. The topological polar surface area (TPSA) is 93.0 Å². The molecule has 1 aliphatic rings. The number of aryl methyl sites for hydroxylation is 1. The highest BCUT2D eigenvalue weighted by Crippen LogP contribution is 2.42. The van der Waals surface area contributed by atoms with Gasteiger partial charge in [-0.1, -0.05) is 23.4 Å². The van der Waals surface area contributed by atoms with E-state index in [-0.39, 0.29) is 12.3 Å². The molecule has 4 aromatic rings. The first kappa shape index (κ1) is 17.2. The second-order valence-corrected chi connectivity index (χ2v) is 7.85. The van der Waals surface area contributed by atoms with Crippen molar-refractivity contribution in [3.8, 4) is 11.5 Å².